The van der Waals surface area contributed by atoms with Gasteiger partial charge in [-0.15, -0.1) is 0 Å². The van der Waals surface area contributed by atoms with E-state index in [0.29, 0.717) is 18.3 Å². The molecule has 3 aliphatic heterocycles. The van der Waals surface area contributed by atoms with E-state index >= 15 is 0 Å². The van der Waals surface area contributed by atoms with Crippen LogP contribution in [0.1, 0.15) is 5.56 Å². The van der Waals surface area contributed by atoms with E-state index in [2.05, 4.69) is 39.4 Å². The zero-order valence-electron chi connectivity index (χ0n) is 13.5. The highest BCUT2D eigenvalue weighted by molar-refractivity contribution is 5.79. The second kappa shape index (κ2) is 6.49. The molecule has 3 aliphatic rings. The number of ether oxygens (including phenoxy) is 1. The van der Waals surface area contributed by atoms with Gasteiger partial charge in [-0.1, -0.05) is 12.1 Å². The molecule has 0 spiro atoms. The van der Waals surface area contributed by atoms with Crippen molar-refractivity contribution in [3.63, 3.8) is 0 Å². The number of carbonyl (C=O) groups excluding carboxylic acids is 1. The molecule has 1 N–H and O–H groups in total. The minimum Gasteiger partial charge on any atom is -0.378 e. The molecule has 5 heteroatoms. The molecule has 0 radical (unpaired) electrons. The number of hydrogen-bond donors (Lipinski definition) is 1. The van der Waals surface area contributed by atoms with E-state index in [1.165, 1.54) is 5.69 Å². The Bertz CT molecular complexity index is 542. The summed E-state index contributed by atoms with van der Waals surface area (Å²) in [7, 11) is 0. The third kappa shape index (κ3) is 3.21. The molecule has 0 aromatic heterocycles. The molecular formula is C18H25N3O2. The summed E-state index contributed by atoms with van der Waals surface area (Å²) in [5, 5.41) is 3.42. The molecular weight excluding hydrogens is 290 g/mol. The monoisotopic (exact) mass is 315 g/mol. The van der Waals surface area contributed by atoms with Crippen LogP contribution in [0.3, 0.4) is 0 Å². The summed E-state index contributed by atoms with van der Waals surface area (Å²) in [6.07, 6.45) is 0.524. The van der Waals surface area contributed by atoms with Crippen LogP contribution >= 0.6 is 0 Å². The molecule has 0 unspecified atom stereocenters. The Morgan fingerprint density at radius 2 is 1.74 bits per heavy atom. The molecule has 5 nitrogen and oxygen atoms in total. The fourth-order valence-corrected chi connectivity index (χ4v) is 3.99. The molecule has 3 fully saturated rings. The standard InChI is InChI=1S/C18H25N3O2/c22-18(21-12-15-10-19-11-16(15)13-21)9-14-1-3-17(4-2-14)20-5-7-23-8-6-20/h1-4,15-16,19H,5-13H2/t15-,16+. The lowest BCUT2D eigenvalue weighted by Gasteiger charge is -2.29. The molecule has 0 aliphatic carbocycles. The van der Waals surface area contributed by atoms with Crippen molar-refractivity contribution in [2.24, 2.45) is 11.8 Å². The van der Waals surface area contributed by atoms with Gasteiger partial charge in [0.2, 0.25) is 5.91 Å². The van der Waals surface area contributed by atoms with Gasteiger partial charge in [-0.25, -0.2) is 0 Å². The van der Waals surface area contributed by atoms with Crippen LogP contribution in [0.4, 0.5) is 5.69 Å². The fraction of sp³-hybridized carbons (Fsp3) is 0.611. The average Bonchev–Trinajstić information content (AvgIpc) is 3.18. The third-order valence-corrected chi connectivity index (χ3v) is 5.41. The van der Waals surface area contributed by atoms with Crippen LogP contribution in [-0.2, 0) is 16.0 Å². The minimum atomic E-state index is 0.276. The lowest BCUT2D eigenvalue weighted by atomic mass is 10.0. The Hall–Kier alpha value is -1.59. The zero-order chi connectivity index (χ0) is 15.6. The number of benzene rings is 1. The Morgan fingerprint density at radius 3 is 2.39 bits per heavy atom. The number of carbonyl (C=O) groups is 1. The first-order valence-corrected chi connectivity index (χ1v) is 8.70. The van der Waals surface area contributed by atoms with E-state index < -0.39 is 0 Å². The number of amides is 1. The first kappa shape index (κ1) is 15.0. The summed E-state index contributed by atoms with van der Waals surface area (Å²) in [6.45, 7) is 7.50. The SMILES string of the molecule is O=C(Cc1ccc(N2CCOCC2)cc1)N1C[C@H]2CNC[C@H]2C1. The number of fused-ring (bicyclic) bond motifs is 1. The Balaban J connectivity index is 1.34. The van der Waals surface area contributed by atoms with Crippen molar-refractivity contribution in [3.8, 4) is 0 Å². The van der Waals surface area contributed by atoms with Crippen molar-refractivity contribution in [2.45, 2.75) is 6.42 Å². The number of rotatable bonds is 3. The van der Waals surface area contributed by atoms with E-state index in [9.17, 15) is 4.79 Å². The lowest BCUT2D eigenvalue weighted by molar-refractivity contribution is -0.129. The van der Waals surface area contributed by atoms with Gasteiger partial charge in [0.1, 0.15) is 0 Å². The van der Waals surface area contributed by atoms with Gasteiger partial charge in [0.05, 0.1) is 19.6 Å². The number of nitrogens with one attached hydrogen (secondary N) is 1. The largest absolute Gasteiger partial charge is 0.378 e. The third-order valence-electron chi connectivity index (χ3n) is 5.41. The second-order valence-electron chi connectivity index (χ2n) is 6.92. The predicted octanol–water partition coefficient (Wildman–Crippen LogP) is 0.744. The number of nitrogens with zero attached hydrogens (tertiary/aromatic N) is 2. The Kier molecular flexibility index (Phi) is 4.23. The van der Waals surface area contributed by atoms with Crippen LogP contribution in [0, 0.1) is 11.8 Å². The molecule has 124 valence electrons. The number of morpholine rings is 1. The smallest absolute Gasteiger partial charge is 0.227 e. The first-order valence-electron chi connectivity index (χ1n) is 8.70. The van der Waals surface area contributed by atoms with Gasteiger partial charge >= 0.3 is 0 Å². The maximum absolute atomic E-state index is 12.5. The Morgan fingerprint density at radius 1 is 1.09 bits per heavy atom. The van der Waals surface area contributed by atoms with E-state index in [1.807, 2.05) is 0 Å². The Labute approximate surface area is 137 Å². The van der Waals surface area contributed by atoms with Crippen molar-refractivity contribution in [3.05, 3.63) is 29.8 Å². The molecule has 3 saturated heterocycles. The van der Waals surface area contributed by atoms with Gasteiger partial charge in [-0.3, -0.25) is 4.79 Å². The van der Waals surface area contributed by atoms with Gasteiger partial charge in [-0.2, -0.15) is 0 Å². The van der Waals surface area contributed by atoms with Crippen molar-refractivity contribution < 1.29 is 9.53 Å². The fourth-order valence-electron chi connectivity index (χ4n) is 3.99. The predicted molar refractivity (Wildman–Crippen MR) is 89.6 cm³/mol. The van der Waals surface area contributed by atoms with Crippen molar-refractivity contribution in [2.75, 3.05) is 57.4 Å². The molecule has 0 bridgehead atoms. The lowest BCUT2D eigenvalue weighted by Crippen LogP contribution is -2.36. The summed E-state index contributed by atoms with van der Waals surface area (Å²) < 4.78 is 5.39. The van der Waals surface area contributed by atoms with E-state index in [0.717, 1.165) is 58.0 Å². The summed E-state index contributed by atoms with van der Waals surface area (Å²) in [6, 6.07) is 8.47. The van der Waals surface area contributed by atoms with Gasteiger partial charge in [0.25, 0.3) is 0 Å². The van der Waals surface area contributed by atoms with E-state index in [-0.39, 0.29) is 5.91 Å². The molecule has 4 rings (SSSR count). The molecule has 2 atom stereocenters. The zero-order valence-corrected chi connectivity index (χ0v) is 13.5. The second-order valence-corrected chi connectivity index (χ2v) is 6.92. The molecule has 23 heavy (non-hydrogen) atoms. The summed E-state index contributed by atoms with van der Waals surface area (Å²) >= 11 is 0. The molecule has 1 aromatic rings. The van der Waals surface area contributed by atoms with Crippen LogP contribution in [0.25, 0.3) is 0 Å². The number of likely N-dealkylation sites (tertiary alicyclic amines) is 1. The van der Waals surface area contributed by atoms with Crippen LogP contribution < -0.4 is 10.2 Å². The minimum absolute atomic E-state index is 0.276. The highest BCUT2D eigenvalue weighted by atomic mass is 16.5. The quantitative estimate of drug-likeness (QED) is 0.894. The highest BCUT2D eigenvalue weighted by Gasteiger charge is 2.37. The summed E-state index contributed by atoms with van der Waals surface area (Å²) in [5.41, 5.74) is 2.34. The van der Waals surface area contributed by atoms with Gasteiger partial charge in [0.15, 0.2) is 0 Å². The van der Waals surface area contributed by atoms with E-state index in [1.54, 1.807) is 0 Å². The van der Waals surface area contributed by atoms with Crippen LogP contribution in [0.5, 0.6) is 0 Å². The van der Waals surface area contributed by atoms with Crippen LogP contribution in [0.15, 0.2) is 24.3 Å². The maximum atomic E-state index is 12.5. The van der Waals surface area contributed by atoms with Crippen molar-refractivity contribution in [1.29, 1.82) is 0 Å². The van der Waals surface area contributed by atoms with Gasteiger partial charge in [-0.05, 0) is 29.5 Å². The molecule has 0 saturated carbocycles. The average molecular weight is 315 g/mol. The van der Waals surface area contributed by atoms with Crippen molar-refractivity contribution in [1.82, 2.24) is 10.2 Å². The molecule has 3 heterocycles. The molecule has 1 aromatic carbocycles. The maximum Gasteiger partial charge on any atom is 0.227 e. The summed E-state index contributed by atoms with van der Waals surface area (Å²) in [5.74, 6) is 1.61. The van der Waals surface area contributed by atoms with Gasteiger partial charge < -0.3 is 19.9 Å². The highest BCUT2D eigenvalue weighted by Crippen LogP contribution is 2.27. The number of hydrogen-bond acceptors (Lipinski definition) is 4. The number of anilines is 1. The first-order chi connectivity index (χ1) is 11.3. The van der Waals surface area contributed by atoms with Crippen molar-refractivity contribution >= 4 is 11.6 Å². The molecule has 1 amide bonds. The van der Waals surface area contributed by atoms with Crippen LogP contribution in [0.2, 0.25) is 0 Å². The summed E-state index contributed by atoms with van der Waals surface area (Å²) in [4.78, 5) is 16.9. The van der Waals surface area contributed by atoms with Gasteiger partial charge in [0, 0.05) is 45.0 Å². The van der Waals surface area contributed by atoms with Crippen LogP contribution in [-0.4, -0.2) is 63.3 Å². The van der Waals surface area contributed by atoms with E-state index in [4.69, 9.17) is 4.74 Å². The normalized spacial score (nSPS) is 27.3. The topological polar surface area (TPSA) is 44.8 Å².